The van der Waals surface area contributed by atoms with Crippen LogP contribution in [-0.4, -0.2) is 44.7 Å². The number of nitrogens with two attached hydrogens (primary N) is 1. The van der Waals surface area contributed by atoms with E-state index in [4.69, 9.17) is 10.5 Å². The van der Waals surface area contributed by atoms with Crippen molar-refractivity contribution in [1.82, 2.24) is 4.90 Å². The molecule has 2 rings (SSSR count). The summed E-state index contributed by atoms with van der Waals surface area (Å²) in [5, 5.41) is 0. The lowest BCUT2D eigenvalue weighted by Gasteiger charge is -2.24. The van der Waals surface area contributed by atoms with Crippen LogP contribution in [0.15, 0.2) is 18.2 Å². The van der Waals surface area contributed by atoms with E-state index in [9.17, 15) is 0 Å². The average molecular weight is 277 g/mol. The molecular weight excluding hydrogens is 250 g/mol. The molecule has 1 fully saturated rings. The van der Waals surface area contributed by atoms with E-state index in [-0.39, 0.29) is 6.10 Å². The maximum Gasteiger partial charge on any atom is 0.123 e. The first-order chi connectivity index (χ1) is 9.44. The second-order valence-electron chi connectivity index (χ2n) is 6.22. The molecule has 0 spiro atoms. The first-order valence-corrected chi connectivity index (χ1v) is 7.41. The van der Waals surface area contributed by atoms with Crippen molar-refractivity contribution in [3.05, 3.63) is 18.2 Å². The molecule has 1 atom stereocenters. The molecule has 0 radical (unpaired) electrons. The summed E-state index contributed by atoms with van der Waals surface area (Å²) in [4.78, 5) is 4.68. The molecule has 1 heterocycles. The number of anilines is 2. The molecule has 1 aliphatic rings. The van der Waals surface area contributed by atoms with E-state index >= 15 is 0 Å². The molecule has 0 bridgehead atoms. The van der Waals surface area contributed by atoms with Gasteiger partial charge in [-0.05, 0) is 45.8 Å². The zero-order chi connectivity index (χ0) is 14.7. The topological polar surface area (TPSA) is 41.7 Å². The molecule has 4 nitrogen and oxygen atoms in total. The number of benzene rings is 1. The minimum Gasteiger partial charge on any atom is -0.491 e. The molecule has 4 heteroatoms. The summed E-state index contributed by atoms with van der Waals surface area (Å²) in [6.07, 6.45) is 1.44. The fourth-order valence-corrected chi connectivity index (χ4v) is 2.83. The molecule has 1 aliphatic heterocycles. The van der Waals surface area contributed by atoms with Crippen LogP contribution in [0.1, 0.15) is 20.3 Å². The molecular formula is C16H27N3O. The quantitative estimate of drug-likeness (QED) is 0.839. The number of ether oxygens (including phenoxy) is 1. The minimum atomic E-state index is 0.165. The zero-order valence-electron chi connectivity index (χ0n) is 13.1. The molecule has 0 aromatic heterocycles. The second kappa shape index (κ2) is 6.35. The van der Waals surface area contributed by atoms with Crippen LogP contribution in [-0.2, 0) is 0 Å². The third-order valence-corrected chi connectivity index (χ3v) is 3.75. The van der Waals surface area contributed by atoms with Gasteiger partial charge in [-0.15, -0.1) is 0 Å². The lowest BCUT2D eigenvalue weighted by Crippen LogP contribution is -2.27. The van der Waals surface area contributed by atoms with Crippen LogP contribution in [0, 0.1) is 5.92 Å². The maximum atomic E-state index is 5.99. The average Bonchev–Trinajstić information content (AvgIpc) is 2.73. The van der Waals surface area contributed by atoms with Crippen LogP contribution in [0.25, 0.3) is 0 Å². The van der Waals surface area contributed by atoms with E-state index in [1.807, 2.05) is 26.0 Å². The summed E-state index contributed by atoms with van der Waals surface area (Å²) in [7, 11) is 4.32. The van der Waals surface area contributed by atoms with Gasteiger partial charge in [0, 0.05) is 43.6 Å². The monoisotopic (exact) mass is 277 g/mol. The lowest BCUT2D eigenvalue weighted by atomic mass is 10.1. The van der Waals surface area contributed by atoms with Gasteiger partial charge in [-0.25, -0.2) is 0 Å². The summed E-state index contributed by atoms with van der Waals surface area (Å²) in [5.74, 6) is 1.59. The van der Waals surface area contributed by atoms with Gasteiger partial charge in [0.15, 0.2) is 0 Å². The predicted molar refractivity (Wildman–Crippen MR) is 85.5 cm³/mol. The van der Waals surface area contributed by atoms with Crippen LogP contribution in [0.5, 0.6) is 5.75 Å². The van der Waals surface area contributed by atoms with E-state index in [2.05, 4.69) is 30.0 Å². The molecule has 0 saturated carbocycles. The van der Waals surface area contributed by atoms with Crippen molar-refractivity contribution in [2.24, 2.45) is 5.92 Å². The molecule has 1 unspecified atom stereocenters. The van der Waals surface area contributed by atoms with Crippen molar-refractivity contribution in [2.75, 3.05) is 44.4 Å². The van der Waals surface area contributed by atoms with E-state index in [0.29, 0.717) is 0 Å². The summed E-state index contributed by atoms with van der Waals surface area (Å²) >= 11 is 0. The SMILES string of the molecule is CC(C)Oc1cc(N)cc(N(C)CC2CCN(C)C2)c1. The lowest BCUT2D eigenvalue weighted by molar-refractivity contribution is 0.242. The third kappa shape index (κ3) is 4.04. The van der Waals surface area contributed by atoms with E-state index < -0.39 is 0 Å². The Balaban J connectivity index is 2.04. The van der Waals surface area contributed by atoms with Crippen molar-refractivity contribution in [3.63, 3.8) is 0 Å². The maximum absolute atomic E-state index is 5.99. The van der Waals surface area contributed by atoms with Crippen LogP contribution < -0.4 is 15.4 Å². The highest BCUT2D eigenvalue weighted by atomic mass is 16.5. The van der Waals surface area contributed by atoms with Crippen molar-refractivity contribution in [2.45, 2.75) is 26.4 Å². The first-order valence-electron chi connectivity index (χ1n) is 7.41. The van der Waals surface area contributed by atoms with Crippen LogP contribution in [0.4, 0.5) is 11.4 Å². The summed E-state index contributed by atoms with van der Waals surface area (Å²) < 4.78 is 5.76. The van der Waals surface area contributed by atoms with Crippen LogP contribution in [0.2, 0.25) is 0 Å². The van der Waals surface area contributed by atoms with Crippen molar-refractivity contribution in [1.29, 1.82) is 0 Å². The van der Waals surface area contributed by atoms with E-state index in [0.717, 1.165) is 29.6 Å². The Morgan fingerprint density at radius 3 is 2.75 bits per heavy atom. The largest absolute Gasteiger partial charge is 0.491 e. The fourth-order valence-electron chi connectivity index (χ4n) is 2.83. The van der Waals surface area contributed by atoms with Crippen molar-refractivity contribution < 1.29 is 4.74 Å². The Morgan fingerprint density at radius 1 is 1.40 bits per heavy atom. The number of rotatable bonds is 5. The molecule has 1 saturated heterocycles. The normalized spacial score (nSPS) is 19.6. The molecule has 1 aromatic carbocycles. The summed E-state index contributed by atoms with van der Waals surface area (Å²) in [6.45, 7) is 7.51. The summed E-state index contributed by atoms with van der Waals surface area (Å²) in [5.41, 5.74) is 7.88. The molecule has 112 valence electrons. The van der Waals surface area contributed by atoms with Gasteiger partial charge in [-0.2, -0.15) is 0 Å². The fraction of sp³-hybridized carbons (Fsp3) is 0.625. The Bertz CT molecular complexity index is 447. The highest BCUT2D eigenvalue weighted by Crippen LogP contribution is 2.27. The van der Waals surface area contributed by atoms with Gasteiger partial charge >= 0.3 is 0 Å². The van der Waals surface area contributed by atoms with Gasteiger partial charge in [0.25, 0.3) is 0 Å². The summed E-state index contributed by atoms with van der Waals surface area (Å²) in [6, 6.07) is 5.99. The molecule has 1 aromatic rings. The third-order valence-electron chi connectivity index (χ3n) is 3.75. The van der Waals surface area contributed by atoms with Gasteiger partial charge in [0.05, 0.1) is 6.10 Å². The minimum absolute atomic E-state index is 0.165. The number of nitrogen functional groups attached to an aromatic ring is 1. The van der Waals surface area contributed by atoms with Crippen molar-refractivity contribution in [3.8, 4) is 5.75 Å². The Labute approximate surface area is 122 Å². The van der Waals surface area contributed by atoms with Crippen molar-refractivity contribution >= 4 is 11.4 Å². The van der Waals surface area contributed by atoms with Gasteiger partial charge < -0.3 is 20.3 Å². The van der Waals surface area contributed by atoms with E-state index in [1.54, 1.807) is 0 Å². The smallest absolute Gasteiger partial charge is 0.123 e. The van der Waals surface area contributed by atoms with Crippen LogP contribution >= 0.6 is 0 Å². The Morgan fingerprint density at radius 2 is 2.15 bits per heavy atom. The number of hydrogen-bond donors (Lipinski definition) is 1. The number of hydrogen-bond acceptors (Lipinski definition) is 4. The zero-order valence-corrected chi connectivity index (χ0v) is 13.1. The van der Waals surface area contributed by atoms with Gasteiger partial charge in [-0.3, -0.25) is 0 Å². The number of likely N-dealkylation sites (tertiary alicyclic amines) is 1. The molecule has 0 amide bonds. The highest BCUT2D eigenvalue weighted by Gasteiger charge is 2.21. The van der Waals surface area contributed by atoms with Gasteiger partial charge in [0.1, 0.15) is 5.75 Å². The Hall–Kier alpha value is -1.42. The van der Waals surface area contributed by atoms with Crippen LogP contribution in [0.3, 0.4) is 0 Å². The number of nitrogens with zero attached hydrogens (tertiary/aromatic N) is 2. The standard InChI is InChI=1S/C16H27N3O/c1-12(2)20-16-8-14(17)7-15(9-16)19(4)11-13-5-6-18(3)10-13/h7-9,12-13H,5-6,10-11,17H2,1-4H3. The molecule has 0 aliphatic carbocycles. The second-order valence-corrected chi connectivity index (χ2v) is 6.22. The Kier molecular flexibility index (Phi) is 4.76. The highest BCUT2D eigenvalue weighted by molar-refractivity contribution is 5.60. The van der Waals surface area contributed by atoms with Gasteiger partial charge in [-0.1, -0.05) is 0 Å². The predicted octanol–water partition coefficient (Wildman–Crippen LogP) is 2.44. The first kappa shape index (κ1) is 15.0. The van der Waals surface area contributed by atoms with Gasteiger partial charge in [0.2, 0.25) is 0 Å². The molecule has 20 heavy (non-hydrogen) atoms. The molecule has 2 N–H and O–H groups in total. The van der Waals surface area contributed by atoms with E-state index in [1.165, 1.54) is 19.5 Å².